The predicted octanol–water partition coefficient (Wildman–Crippen LogP) is 5.98. The average Bonchev–Trinajstić information content (AvgIpc) is 3.85. The van der Waals surface area contributed by atoms with Crippen molar-refractivity contribution in [3.05, 3.63) is 107 Å². The second kappa shape index (κ2) is 19.6. The van der Waals surface area contributed by atoms with Gasteiger partial charge in [-0.15, -0.1) is 0 Å². The largest absolute Gasteiger partial charge is 0.456 e. The molecule has 60 heavy (non-hydrogen) atoms. The Bertz CT molecular complexity index is 2510. The van der Waals surface area contributed by atoms with Crippen LogP contribution in [0.15, 0.2) is 89.4 Å². The summed E-state index contributed by atoms with van der Waals surface area (Å²) in [5.41, 5.74) is 13.2. The predicted molar refractivity (Wildman–Crippen MR) is 224 cm³/mol. The number of nitrogens with zero attached hydrogens (tertiary/aromatic N) is 6. The number of guanidine groups is 2. The van der Waals surface area contributed by atoms with E-state index in [2.05, 4.69) is 59.3 Å². The van der Waals surface area contributed by atoms with Crippen molar-refractivity contribution in [3.63, 3.8) is 0 Å². The summed E-state index contributed by atoms with van der Waals surface area (Å²) in [5, 5.41) is 5.47. The molecule has 0 bridgehead atoms. The van der Waals surface area contributed by atoms with Crippen molar-refractivity contribution in [2.24, 2.45) is 21.5 Å². The number of carbonyl (C=O) groups excluding carboxylic acids is 2. The molecule has 0 unspecified atom stereocenters. The van der Waals surface area contributed by atoms with Gasteiger partial charge in [0.15, 0.2) is 17.7 Å². The number of alkyl halides is 3. The smallest absolute Gasteiger partial charge is 0.417 e. The van der Waals surface area contributed by atoms with Crippen LogP contribution in [-0.2, 0) is 19.3 Å². The minimum absolute atomic E-state index is 0.0185. The van der Waals surface area contributed by atoms with Crippen LogP contribution in [0.25, 0.3) is 21.8 Å². The van der Waals surface area contributed by atoms with Crippen LogP contribution in [0.2, 0.25) is 0 Å². The molecule has 316 valence electrons. The van der Waals surface area contributed by atoms with Gasteiger partial charge in [-0.05, 0) is 86.8 Å². The van der Waals surface area contributed by atoms with Gasteiger partial charge in [0.2, 0.25) is 0 Å². The molecule has 6 rings (SSSR count). The molecule has 2 amide bonds. The maximum absolute atomic E-state index is 13.5. The first kappa shape index (κ1) is 44.1. The van der Waals surface area contributed by atoms with Crippen molar-refractivity contribution in [3.8, 4) is 23.0 Å². The molecule has 0 fully saturated rings. The van der Waals surface area contributed by atoms with Crippen LogP contribution in [0.5, 0.6) is 23.0 Å². The van der Waals surface area contributed by atoms with Gasteiger partial charge in [0.25, 0.3) is 11.8 Å². The quantitative estimate of drug-likeness (QED) is 0.0626. The van der Waals surface area contributed by atoms with E-state index in [1.165, 1.54) is 26.4 Å². The number of hydrogen-bond acceptors (Lipinski definition) is 10. The summed E-state index contributed by atoms with van der Waals surface area (Å²) in [7, 11) is 6.67. The fourth-order valence-electron chi connectivity index (χ4n) is 5.96. The highest BCUT2D eigenvalue weighted by Gasteiger charge is 2.34. The van der Waals surface area contributed by atoms with Crippen molar-refractivity contribution in [1.82, 2.24) is 40.4 Å². The van der Waals surface area contributed by atoms with Gasteiger partial charge >= 0.3 is 6.18 Å². The highest BCUT2D eigenvalue weighted by Crippen LogP contribution is 2.40. The van der Waals surface area contributed by atoms with Gasteiger partial charge < -0.3 is 35.8 Å². The summed E-state index contributed by atoms with van der Waals surface area (Å²) >= 11 is 0. The first-order valence-electron chi connectivity index (χ1n) is 18.6. The topological polar surface area (TPSA) is 217 Å². The lowest BCUT2D eigenvalue weighted by molar-refractivity contribution is -0.136. The van der Waals surface area contributed by atoms with Gasteiger partial charge in [-0.2, -0.15) is 13.2 Å². The summed E-state index contributed by atoms with van der Waals surface area (Å²) < 4.78 is 52.4. The highest BCUT2D eigenvalue weighted by molar-refractivity contribution is 6.08. The molecule has 0 aliphatic carbocycles. The zero-order valence-electron chi connectivity index (χ0n) is 33.9. The summed E-state index contributed by atoms with van der Waals surface area (Å²) in [5.74, 6) is 0.613. The van der Waals surface area contributed by atoms with E-state index in [1.807, 2.05) is 49.5 Å². The van der Waals surface area contributed by atoms with E-state index in [1.54, 1.807) is 24.5 Å². The zero-order chi connectivity index (χ0) is 43.6. The van der Waals surface area contributed by atoms with Crippen LogP contribution in [0, 0.1) is 0 Å². The molecule has 2 aromatic carbocycles. The van der Waals surface area contributed by atoms with Crippen LogP contribution in [0.4, 0.5) is 13.2 Å². The molecule has 0 atom stereocenters. The van der Waals surface area contributed by atoms with Crippen molar-refractivity contribution >= 4 is 45.5 Å². The number of benzene rings is 2. The van der Waals surface area contributed by atoms with Crippen molar-refractivity contribution in [2.75, 3.05) is 41.3 Å². The summed E-state index contributed by atoms with van der Waals surface area (Å²) in [6.45, 7) is 7.68. The van der Waals surface area contributed by atoms with E-state index in [9.17, 15) is 22.8 Å². The zero-order valence-corrected chi connectivity index (χ0v) is 33.9. The fourth-order valence-corrected chi connectivity index (χ4v) is 5.96. The highest BCUT2D eigenvalue weighted by atomic mass is 19.4. The molecule has 0 radical (unpaired) electrons. The number of rotatable bonds is 12. The number of hydrogen-bond donors (Lipinski definition) is 6. The molecule has 0 saturated heterocycles. The van der Waals surface area contributed by atoms with Crippen LogP contribution >= 0.6 is 0 Å². The van der Waals surface area contributed by atoms with Crippen LogP contribution in [0.3, 0.4) is 0 Å². The number of nitrogens with two attached hydrogens (primary N) is 2. The lowest BCUT2D eigenvalue weighted by Crippen LogP contribution is -2.36. The number of H-pyrrole nitrogens is 2. The minimum atomic E-state index is -4.62. The second-order valence-electron chi connectivity index (χ2n) is 13.6. The second-order valence-corrected chi connectivity index (χ2v) is 13.6. The maximum atomic E-state index is 13.5. The lowest BCUT2D eigenvalue weighted by Gasteiger charge is -2.18. The van der Waals surface area contributed by atoms with E-state index in [0.29, 0.717) is 29.5 Å². The van der Waals surface area contributed by atoms with E-state index >= 15 is 0 Å². The lowest BCUT2D eigenvalue weighted by atomic mass is 10.1. The van der Waals surface area contributed by atoms with Crippen LogP contribution < -0.4 is 31.6 Å². The number of halogens is 3. The summed E-state index contributed by atoms with van der Waals surface area (Å²) in [6.07, 6.45) is 2.05. The molecule has 16 nitrogen and oxygen atoms in total. The van der Waals surface area contributed by atoms with Crippen molar-refractivity contribution in [2.45, 2.75) is 33.1 Å². The Morgan fingerprint density at radius 3 is 1.90 bits per heavy atom. The monoisotopic (exact) mass is 828 g/mol. The number of aromatic amines is 2. The SMILES string of the molecule is CCN(CC)Cc1cncc(Oc2ccc3cc(C(=O)NC(N)=NC)[nH]c3c2)c1.CN=C(N)NC(=O)c1cc2c(C(F)(F)F)ccc(Oc3cncc(CN(C)C)c3)c2[nH]1. The summed E-state index contributed by atoms with van der Waals surface area (Å²) in [6, 6.07) is 14.3. The number of carbonyl (C=O) groups is 2. The normalized spacial score (nSPS) is 12.1. The molecule has 4 heterocycles. The Labute approximate surface area is 343 Å². The van der Waals surface area contributed by atoms with Crippen molar-refractivity contribution < 1.29 is 32.2 Å². The molecule has 8 N–H and O–H groups in total. The Balaban J connectivity index is 0.000000228. The third-order valence-electron chi connectivity index (χ3n) is 8.91. The molecule has 0 aliphatic rings. The van der Waals surface area contributed by atoms with E-state index in [0.717, 1.165) is 53.8 Å². The van der Waals surface area contributed by atoms with Crippen LogP contribution in [-0.4, -0.2) is 94.7 Å². The molecule has 4 aromatic heterocycles. The molecule has 0 aliphatic heterocycles. The minimum Gasteiger partial charge on any atom is -0.456 e. The Morgan fingerprint density at radius 2 is 1.33 bits per heavy atom. The van der Waals surface area contributed by atoms with Gasteiger partial charge in [-0.25, -0.2) is 0 Å². The standard InChI is InChI=1S/C21H26N6O2.C20H21F3N6O2/c1-4-27(5-2)13-14-8-17(12-24-11-14)29-16-7-6-15-9-19(25-18(15)10-16)20(28)26-21(22)23-3;1-25-19(24)28-18(30)15-7-13-14(20(21,22)23)4-5-16(17(13)27-15)31-12-6-11(8-26-9-12)10-29(2)3/h6-12,25H,4-5,13H2,1-3H3,(H3,22,23,26,28);4-9,27H,10H2,1-3H3,(H3,24,25,28,30). The number of ether oxygens (including phenoxy) is 2. The van der Waals surface area contributed by atoms with Gasteiger partial charge in [-0.3, -0.25) is 45.1 Å². The molecule has 6 aromatic rings. The Hall–Kier alpha value is -6.99. The molecular weight excluding hydrogens is 782 g/mol. The van der Waals surface area contributed by atoms with E-state index in [4.69, 9.17) is 20.9 Å². The average molecular weight is 829 g/mol. The van der Waals surface area contributed by atoms with Gasteiger partial charge in [0, 0.05) is 61.9 Å². The molecule has 0 spiro atoms. The Kier molecular flexibility index (Phi) is 14.4. The van der Waals surface area contributed by atoms with Crippen LogP contribution in [0.1, 0.15) is 51.5 Å². The number of pyridine rings is 2. The number of aromatic nitrogens is 4. The number of aliphatic imine (C=N–C) groups is 2. The number of nitrogens with one attached hydrogen (secondary N) is 4. The first-order valence-corrected chi connectivity index (χ1v) is 18.6. The van der Waals surface area contributed by atoms with Gasteiger partial charge in [-0.1, -0.05) is 13.8 Å². The molecule has 19 heteroatoms. The third kappa shape index (κ3) is 11.6. The first-order chi connectivity index (χ1) is 28.6. The number of amides is 2. The molecular formula is C41H47F3N12O4. The maximum Gasteiger partial charge on any atom is 0.417 e. The van der Waals surface area contributed by atoms with Gasteiger partial charge in [0.05, 0.1) is 23.5 Å². The summed E-state index contributed by atoms with van der Waals surface area (Å²) in [4.78, 5) is 50.3. The Morgan fingerprint density at radius 1 is 0.750 bits per heavy atom. The van der Waals surface area contributed by atoms with Gasteiger partial charge in [0.1, 0.15) is 28.6 Å². The number of fused-ring (bicyclic) bond motifs is 2. The van der Waals surface area contributed by atoms with Crippen molar-refractivity contribution in [1.29, 1.82) is 0 Å². The van der Waals surface area contributed by atoms with E-state index < -0.39 is 17.6 Å². The fraction of sp³-hybridized carbons (Fsp3) is 0.268. The molecule has 0 saturated carbocycles. The third-order valence-corrected chi connectivity index (χ3v) is 8.91. The van der Waals surface area contributed by atoms with E-state index in [-0.39, 0.29) is 40.2 Å².